The molecule has 0 atom stereocenters. The second-order valence-corrected chi connectivity index (χ2v) is 4.45. The first-order valence-corrected chi connectivity index (χ1v) is 6.58. The highest BCUT2D eigenvalue weighted by molar-refractivity contribution is 9.08. The number of halogens is 2. The van der Waals surface area contributed by atoms with Crippen molar-refractivity contribution in [2.24, 2.45) is 0 Å². The second-order valence-electron chi connectivity index (χ2n) is 3.48. The van der Waals surface area contributed by atoms with Crippen molar-refractivity contribution in [1.82, 2.24) is 0 Å². The number of esters is 1. The molecule has 4 heteroatoms. The monoisotopic (exact) mass is 304 g/mol. The van der Waals surface area contributed by atoms with Crippen LogP contribution >= 0.6 is 27.5 Å². The van der Waals surface area contributed by atoms with Crippen molar-refractivity contribution in [3.63, 3.8) is 0 Å². The number of ether oxygens (including phenoxy) is 1. The second kappa shape index (κ2) is 6.26. The van der Waals surface area contributed by atoms with Crippen molar-refractivity contribution < 1.29 is 9.53 Å². The number of alkyl halides is 1. The predicted octanol–water partition coefficient (Wildman–Crippen LogP) is 3.65. The molecule has 0 aliphatic carbocycles. The molecule has 0 spiro atoms. The molecule has 0 heterocycles. The first-order valence-electron chi connectivity index (χ1n) is 5.08. The molecule has 16 heavy (non-hydrogen) atoms. The Morgan fingerprint density at radius 1 is 1.50 bits per heavy atom. The summed E-state index contributed by atoms with van der Waals surface area (Å²) in [5.41, 5.74) is 2.94. The zero-order chi connectivity index (χ0) is 12.1. The minimum Gasteiger partial charge on any atom is -0.466 e. The van der Waals surface area contributed by atoms with E-state index in [0.29, 0.717) is 11.6 Å². The van der Waals surface area contributed by atoms with Crippen LogP contribution in [0.2, 0.25) is 5.02 Å². The Hall–Kier alpha value is -0.540. The molecule has 1 aromatic rings. The van der Waals surface area contributed by atoms with Crippen LogP contribution in [0.5, 0.6) is 0 Å². The fraction of sp³-hybridized carbons (Fsp3) is 0.417. The van der Waals surface area contributed by atoms with Gasteiger partial charge in [-0.15, -0.1) is 0 Å². The number of carbonyl (C=O) groups excluding carboxylic acids is 1. The van der Waals surface area contributed by atoms with Crippen molar-refractivity contribution in [3.05, 3.63) is 33.8 Å². The molecule has 1 aromatic carbocycles. The lowest BCUT2D eigenvalue weighted by molar-refractivity contribution is -0.142. The van der Waals surface area contributed by atoms with Gasteiger partial charge in [-0.25, -0.2) is 0 Å². The van der Waals surface area contributed by atoms with Crippen molar-refractivity contribution in [2.45, 2.75) is 25.6 Å². The Morgan fingerprint density at radius 3 is 2.75 bits per heavy atom. The van der Waals surface area contributed by atoms with Gasteiger partial charge in [0.05, 0.1) is 13.0 Å². The molecule has 0 aromatic heterocycles. The summed E-state index contributed by atoms with van der Waals surface area (Å²) in [5.74, 6) is -0.214. The molecule has 0 unspecified atom stereocenters. The van der Waals surface area contributed by atoms with E-state index in [2.05, 4.69) is 15.9 Å². The van der Waals surface area contributed by atoms with Gasteiger partial charge in [0.15, 0.2) is 0 Å². The van der Waals surface area contributed by atoms with Crippen LogP contribution in [0.15, 0.2) is 12.1 Å². The molecular weight excluding hydrogens is 291 g/mol. The van der Waals surface area contributed by atoms with E-state index in [1.54, 1.807) is 6.92 Å². The molecule has 1 rings (SSSR count). The van der Waals surface area contributed by atoms with E-state index >= 15 is 0 Å². The van der Waals surface area contributed by atoms with E-state index < -0.39 is 0 Å². The maximum Gasteiger partial charge on any atom is 0.310 e. The molecule has 0 aliphatic heterocycles. The molecule has 0 bridgehead atoms. The first-order chi connectivity index (χ1) is 7.58. The Bertz CT molecular complexity index is 391. The highest BCUT2D eigenvalue weighted by Gasteiger charge is 2.10. The first kappa shape index (κ1) is 13.5. The van der Waals surface area contributed by atoms with E-state index in [0.717, 1.165) is 22.0 Å². The summed E-state index contributed by atoms with van der Waals surface area (Å²) >= 11 is 9.46. The van der Waals surface area contributed by atoms with Gasteiger partial charge in [-0.3, -0.25) is 4.79 Å². The molecular formula is C12H14BrClO2. The molecule has 2 nitrogen and oxygen atoms in total. The molecule has 0 saturated carbocycles. The van der Waals surface area contributed by atoms with Gasteiger partial charge in [0.25, 0.3) is 0 Å². The van der Waals surface area contributed by atoms with E-state index in [1.165, 1.54) is 0 Å². The SMILES string of the molecule is CCOC(=O)Cc1cc(CBr)cc(Cl)c1C. The fourth-order valence-electron chi connectivity index (χ4n) is 1.43. The van der Waals surface area contributed by atoms with Gasteiger partial charge in [-0.05, 0) is 36.6 Å². The van der Waals surface area contributed by atoms with Gasteiger partial charge in [-0.1, -0.05) is 33.6 Å². The summed E-state index contributed by atoms with van der Waals surface area (Å²) in [4.78, 5) is 11.4. The average molecular weight is 306 g/mol. The van der Waals surface area contributed by atoms with Crippen LogP contribution in [0.4, 0.5) is 0 Å². The lowest BCUT2D eigenvalue weighted by atomic mass is 10.0. The van der Waals surface area contributed by atoms with Gasteiger partial charge >= 0.3 is 5.97 Å². The zero-order valence-corrected chi connectivity index (χ0v) is 11.7. The van der Waals surface area contributed by atoms with Gasteiger partial charge in [-0.2, -0.15) is 0 Å². The van der Waals surface area contributed by atoms with Gasteiger partial charge in [0, 0.05) is 10.4 Å². The van der Waals surface area contributed by atoms with Crippen molar-refractivity contribution in [3.8, 4) is 0 Å². The van der Waals surface area contributed by atoms with Crippen LogP contribution in [0.1, 0.15) is 23.6 Å². The van der Waals surface area contributed by atoms with Crippen LogP contribution in [0.3, 0.4) is 0 Å². The smallest absolute Gasteiger partial charge is 0.310 e. The number of benzene rings is 1. The normalized spacial score (nSPS) is 10.2. The molecule has 0 N–H and O–H groups in total. The van der Waals surface area contributed by atoms with Gasteiger partial charge in [0.2, 0.25) is 0 Å². The Morgan fingerprint density at radius 2 is 2.19 bits per heavy atom. The third-order valence-electron chi connectivity index (χ3n) is 2.31. The molecule has 88 valence electrons. The average Bonchev–Trinajstić information content (AvgIpc) is 2.24. The van der Waals surface area contributed by atoms with Crippen LogP contribution in [-0.2, 0) is 21.3 Å². The largest absolute Gasteiger partial charge is 0.466 e. The number of hydrogen-bond donors (Lipinski definition) is 0. The Kier molecular flexibility index (Phi) is 5.29. The van der Waals surface area contributed by atoms with Crippen LogP contribution in [-0.4, -0.2) is 12.6 Å². The standard InChI is InChI=1S/C12H14BrClO2/c1-3-16-12(15)6-10-4-9(7-13)5-11(14)8(10)2/h4-5H,3,6-7H2,1-2H3. The van der Waals surface area contributed by atoms with Crippen molar-refractivity contribution in [2.75, 3.05) is 6.61 Å². The summed E-state index contributed by atoms with van der Waals surface area (Å²) in [7, 11) is 0. The van der Waals surface area contributed by atoms with Gasteiger partial charge < -0.3 is 4.74 Å². The van der Waals surface area contributed by atoms with Crippen LogP contribution in [0.25, 0.3) is 0 Å². The topological polar surface area (TPSA) is 26.3 Å². The van der Waals surface area contributed by atoms with Crippen molar-refractivity contribution >= 4 is 33.5 Å². The summed E-state index contributed by atoms with van der Waals surface area (Å²) in [5, 5.41) is 1.42. The summed E-state index contributed by atoms with van der Waals surface area (Å²) in [6, 6.07) is 3.88. The minimum absolute atomic E-state index is 0.214. The van der Waals surface area contributed by atoms with Crippen molar-refractivity contribution in [1.29, 1.82) is 0 Å². The third-order valence-corrected chi connectivity index (χ3v) is 3.35. The minimum atomic E-state index is -0.214. The molecule has 0 fully saturated rings. The van der Waals surface area contributed by atoms with Gasteiger partial charge in [0.1, 0.15) is 0 Å². The summed E-state index contributed by atoms with van der Waals surface area (Å²) in [6.45, 7) is 4.12. The summed E-state index contributed by atoms with van der Waals surface area (Å²) in [6.07, 6.45) is 0.278. The maximum atomic E-state index is 11.4. The van der Waals surface area contributed by atoms with E-state index in [-0.39, 0.29) is 12.4 Å². The lowest BCUT2D eigenvalue weighted by Crippen LogP contribution is -2.09. The number of carbonyl (C=O) groups is 1. The Balaban J connectivity index is 2.94. The quantitative estimate of drug-likeness (QED) is 0.627. The number of hydrogen-bond acceptors (Lipinski definition) is 2. The maximum absolute atomic E-state index is 11.4. The van der Waals surface area contributed by atoms with Crippen LogP contribution in [0, 0.1) is 6.92 Å². The molecule has 0 radical (unpaired) electrons. The number of rotatable bonds is 4. The highest BCUT2D eigenvalue weighted by Crippen LogP contribution is 2.23. The van der Waals surface area contributed by atoms with Crippen LogP contribution < -0.4 is 0 Å². The fourth-order valence-corrected chi connectivity index (χ4v) is 2.01. The lowest BCUT2D eigenvalue weighted by Gasteiger charge is -2.09. The zero-order valence-electron chi connectivity index (χ0n) is 9.35. The highest BCUT2D eigenvalue weighted by atomic mass is 79.9. The molecule has 0 aliphatic rings. The molecule has 0 amide bonds. The van der Waals surface area contributed by atoms with E-state index in [1.807, 2.05) is 19.1 Å². The van der Waals surface area contributed by atoms with E-state index in [4.69, 9.17) is 16.3 Å². The summed E-state index contributed by atoms with van der Waals surface area (Å²) < 4.78 is 4.92. The van der Waals surface area contributed by atoms with E-state index in [9.17, 15) is 4.79 Å². The third kappa shape index (κ3) is 3.49. The Labute approximate surface area is 109 Å². The predicted molar refractivity (Wildman–Crippen MR) is 69.2 cm³/mol. The molecule has 0 saturated heterocycles.